The van der Waals surface area contributed by atoms with Crippen LogP contribution in [0.15, 0.2) is 54.9 Å². The van der Waals surface area contributed by atoms with E-state index in [1.165, 1.54) is 16.5 Å². The van der Waals surface area contributed by atoms with E-state index in [0.29, 0.717) is 19.1 Å². The number of hydrogen-bond donors (Lipinski definition) is 1. The molecular weight excluding hydrogens is 364 g/mol. The average molecular weight is 390 g/mol. The number of carbonyl (C=O) groups is 1. The van der Waals surface area contributed by atoms with Crippen LogP contribution < -0.4 is 10.1 Å². The number of anilines is 1. The van der Waals surface area contributed by atoms with Gasteiger partial charge in [-0.2, -0.15) is 0 Å². The molecule has 0 atom stereocenters. The molecule has 2 aromatic heterocycles. The second-order valence-electron chi connectivity index (χ2n) is 7.51. The van der Waals surface area contributed by atoms with Crippen LogP contribution in [0.1, 0.15) is 31.9 Å². The van der Waals surface area contributed by atoms with Crippen LogP contribution in [-0.4, -0.2) is 40.7 Å². The summed E-state index contributed by atoms with van der Waals surface area (Å²) in [6.07, 6.45) is 7.00. The number of hydrogen-bond acceptors (Lipinski definition) is 3. The third kappa shape index (κ3) is 3.83. The fraction of sp³-hybridized carbons (Fsp3) is 0.304. The number of fused-ring (bicyclic) bond motifs is 1. The number of ether oxygens (including phenoxy) is 1. The van der Waals surface area contributed by atoms with Gasteiger partial charge in [0.15, 0.2) is 0 Å². The van der Waals surface area contributed by atoms with Crippen LogP contribution in [0.5, 0.6) is 5.75 Å². The fourth-order valence-electron chi connectivity index (χ4n) is 3.73. The van der Waals surface area contributed by atoms with E-state index in [1.807, 2.05) is 41.4 Å². The summed E-state index contributed by atoms with van der Waals surface area (Å²) in [5.41, 5.74) is 4.23. The number of pyridine rings is 1. The Kier molecular flexibility index (Phi) is 5.25. The highest BCUT2D eigenvalue weighted by Crippen LogP contribution is 2.31. The largest absolute Gasteiger partial charge is 0.497 e. The van der Waals surface area contributed by atoms with Crippen molar-refractivity contribution in [3.05, 3.63) is 60.4 Å². The molecule has 0 aliphatic carbocycles. The molecule has 6 heteroatoms. The summed E-state index contributed by atoms with van der Waals surface area (Å²) >= 11 is 0. The monoisotopic (exact) mass is 390 g/mol. The van der Waals surface area contributed by atoms with Crippen molar-refractivity contribution in [2.75, 3.05) is 25.5 Å². The Morgan fingerprint density at radius 1 is 1.24 bits per heavy atom. The first-order chi connectivity index (χ1) is 14.1. The lowest BCUT2D eigenvalue weighted by Gasteiger charge is -2.26. The molecule has 150 valence electrons. The first kappa shape index (κ1) is 19.1. The Balaban J connectivity index is 1.51. The lowest BCUT2D eigenvalue weighted by Crippen LogP contribution is -2.37. The minimum atomic E-state index is -0.0974. The number of amides is 2. The molecule has 0 spiro atoms. The van der Waals surface area contributed by atoms with Crippen LogP contribution in [0.4, 0.5) is 10.5 Å². The average Bonchev–Trinajstić information content (AvgIpc) is 3.14. The minimum absolute atomic E-state index is 0.0974. The Hall–Kier alpha value is -3.28. The molecule has 3 heterocycles. The van der Waals surface area contributed by atoms with Gasteiger partial charge in [-0.25, -0.2) is 9.78 Å². The summed E-state index contributed by atoms with van der Waals surface area (Å²) in [5.74, 6) is 0.721. The minimum Gasteiger partial charge on any atom is -0.497 e. The van der Waals surface area contributed by atoms with Crippen molar-refractivity contribution in [1.82, 2.24) is 14.5 Å². The number of carbonyl (C=O) groups excluding carboxylic acids is 1. The number of urea groups is 1. The summed E-state index contributed by atoms with van der Waals surface area (Å²) in [6.45, 7) is 5.59. The highest BCUT2D eigenvalue weighted by molar-refractivity contribution is 5.93. The van der Waals surface area contributed by atoms with Gasteiger partial charge in [0, 0.05) is 54.2 Å². The molecule has 0 bridgehead atoms. The molecule has 0 saturated carbocycles. The van der Waals surface area contributed by atoms with Gasteiger partial charge >= 0.3 is 6.03 Å². The molecule has 0 radical (unpaired) electrons. The Morgan fingerprint density at radius 3 is 2.83 bits per heavy atom. The molecule has 0 saturated heterocycles. The number of nitrogens with zero attached hydrogens (tertiary/aromatic N) is 3. The van der Waals surface area contributed by atoms with Crippen LogP contribution in [-0.2, 0) is 0 Å². The molecule has 1 aliphatic heterocycles. The zero-order valence-corrected chi connectivity index (χ0v) is 17.1. The maximum Gasteiger partial charge on any atom is 0.322 e. The summed E-state index contributed by atoms with van der Waals surface area (Å²) in [6, 6.07) is 11.7. The molecule has 1 aromatic carbocycles. The lowest BCUT2D eigenvalue weighted by atomic mass is 10.00. The van der Waals surface area contributed by atoms with Crippen molar-refractivity contribution >= 4 is 28.3 Å². The van der Waals surface area contributed by atoms with Gasteiger partial charge in [0.2, 0.25) is 0 Å². The number of methoxy groups -OCH3 is 1. The number of nitrogens with one attached hydrogen (secondary N) is 1. The quantitative estimate of drug-likeness (QED) is 0.686. The molecule has 6 nitrogen and oxygen atoms in total. The van der Waals surface area contributed by atoms with Crippen molar-refractivity contribution < 1.29 is 9.53 Å². The third-order valence-electron chi connectivity index (χ3n) is 5.31. The van der Waals surface area contributed by atoms with E-state index in [1.54, 1.807) is 7.11 Å². The first-order valence-corrected chi connectivity index (χ1v) is 9.91. The Bertz CT molecular complexity index is 1070. The molecule has 4 rings (SSSR count). The van der Waals surface area contributed by atoms with Gasteiger partial charge in [0.25, 0.3) is 0 Å². The van der Waals surface area contributed by atoms with Gasteiger partial charge < -0.3 is 19.5 Å². The predicted molar refractivity (Wildman–Crippen MR) is 116 cm³/mol. The summed E-state index contributed by atoms with van der Waals surface area (Å²) in [7, 11) is 1.61. The molecule has 1 N–H and O–H groups in total. The second kappa shape index (κ2) is 7.99. The molecule has 29 heavy (non-hydrogen) atoms. The summed E-state index contributed by atoms with van der Waals surface area (Å²) in [4.78, 5) is 19.0. The van der Waals surface area contributed by atoms with E-state index in [0.717, 1.165) is 23.5 Å². The van der Waals surface area contributed by atoms with E-state index >= 15 is 0 Å². The van der Waals surface area contributed by atoms with Gasteiger partial charge in [-0.1, -0.05) is 12.1 Å². The normalized spacial score (nSPS) is 14.2. The lowest BCUT2D eigenvalue weighted by molar-refractivity contribution is 0.217. The van der Waals surface area contributed by atoms with Crippen LogP contribution in [0.2, 0.25) is 0 Å². The number of benzene rings is 1. The highest BCUT2D eigenvalue weighted by Gasteiger charge is 2.21. The maximum atomic E-state index is 12.6. The topological polar surface area (TPSA) is 59.4 Å². The van der Waals surface area contributed by atoms with Crippen LogP contribution in [0, 0.1) is 0 Å². The molecule has 0 fully saturated rings. The third-order valence-corrected chi connectivity index (χ3v) is 5.31. The van der Waals surface area contributed by atoms with E-state index in [9.17, 15) is 4.79 Å². The van der Waals surface area contributed by atoms with E-state index < -0.39 is 0 Å². The van der Waals surface area contributed by atoms with Crippen LogP contribution in [0.3, 0.4) is 0 Å². The second-order valence-corrected chi connectivity index (χ2v) is 7.51. The summed E-state index contributed by atoms with van der Waals surface area (Å²) in [5, 5.41) is 4.12. The van der Waals surface area contributed by atoms with E-state index in [2.05, 4.69) is 47.1 Å². The molecule has 1 aliphatic rings. The van der Waals surface area contributed by atoms with Gasteiger partial charge in [-0.3, -0.25) is 0 Å². The van der Waals surface area contributed by atoms with Crippen LogP contribution in [0.25, 0.3) is 16.6 Å². The highest BCUT2D eigenvalue weighted by atomic mass is 16.5. The fourth-order valence-corrected chi connectivity index (χ4v) is 3.73. The standard InChI is InChI=1S/C23H26N4O2/c1-16(2)27-15-21(20-8-5-11-24-22(20)27)17-9-12-26(13-10-17)23(28)25-18-6-4-7-19(14-18)29-3/h4-9,11,14-16H,10,12-13H2,1-3H3,(H,25,28). The van der Waals surface area contributed by atoms with Gasteiger partial charge in [0.05, 0.1) is 7.11 Å². The van der Waals surface area contributed by atoms with Crippen molar-refractivity contribution in [3.8, 4) is 5.75 Å². The van der Waals surface area contributed by atoms with Crippen molar-refractivity contribution in [2.24, 2.45) is 0 Å². The Morgan fingerprint density at radius 2 is 2.10 bits per heavy atom. The first-order valence-electron chi connectivity index (χ1n) is 9.91. The zero-order chi connectivity index (χ0) is 20.4. The van der Waals surface area contributed by atoms with Gasteiger partial charge in [0.1, 0.15) is 11.4 Å². The summed E-state index contributed by atoms with van der Waals surface area (Å²) < 4.78 is 7.43. The van der Waals surface area contributed by atoms with Crippen molar-refractivity contribution in [2.45, 2.75) is 26.3 Å². The van der Waals surface area contributed by atoms with Gasteiger partial charge in [-0.05, 0) is 50.1 Å². The Labute approximate surface area is 170 Å². The van der Waals surface area contributed by atoms with Crippen molar-refractivity contribution in [1.29, 1.82) is 0 Å². The van der Waals surface area contributed by atoms with E-state index in [-0.39, 0.29) is 6.03 Å². The van der Waals surface area contributed by atoms with Gasteiger partial charge in [-0.15, -0.1) is 0 Å². The number of aromatic nitrogens is 2. The smallest absolute Gasteiger partial charge is 0.322 e. The molecule has 0 unspecified atom stereocenters. The van der Waals surface area contributed by atoms with Crippen LogP contribution >= 0.6 is 0 Å². The zero-order valence-electron chi connectivity index (χ0n) is 17.1. The SMILES string of the molecule is COc1cccc(NC(=O)N2CC=C(c3cn(C(C)C)c4ncccc34)CC2)c1. The number of rotatable bonds is 4. The van der Waals surface area contributed by atoms with Crippen molar-refractivity contribution in [3.63, 3.8) is 0 Å². The molecule has 3 aromatic rings. The van der Waals surface area contributed by atoms with E-state index in [4.69, 9.17) is 4.74 Å². The molecular formula is C23H26N4O2. The predicted octanol–water partition coefficient (Wildman–Crippen LogP) is 4.95. The maximum absolute atomic E-state index is 12.6. The molecule has 2 amide bonds.